The monoisotopic (exact) mass is 816 g/mol. The zero-order valence-corrected chi connectivity index (χ0v) is 36.0. The van der Waals surface area contributed by atoms with Crippen LogP contribution in [-0.2, 0) is 31.2 Å². The summed E-state index contributed by atoms with van der Waals surface area (Å²) in [6, 6.07) is 46.3. The predicted octanol–water partition coefficient (Wildman–Crippen LogP) is 6.50. The summed E-state index contributed by atoms with van der Waals surface area (Å²) in [6.07, 6.45) is 19.9. The molecule has 0 bridgehead atoms. The van der Waals surface area contributed by atoms with Gasteiger partial charge in [-0.1, -0.05) is 0 Å². The second-order valence-electron chi connectivity index (χ2n) is 15.9. The van der Waals surface area contributed by atoms with Crippen molar-refractivity contribution in [3.63, 3.8) is 0 Å². The maximum atomic E-state index is 2.73. The van der Waals surface area contributed by atoms with Gasteiger partial charge in [0.25, 0.3) is 0 Å². The van der Waals surface area contributed by atoms with Crippen molar-refractivity contribution in [2.75, 3.05) is 0 Å². The van der Waals surface area contributed by atoms with Crippen LogP contribution in [0, 0.1) is 23.7 Å². The Morgan fingerprint density at radius 2 is 0.808 bits per heavy atom. The van der Waals surface area contributed by atoms with Crippen LogP contribution in [0.4, 0.5) is 0 Å². The molecule has 0 aliphatic heterocycles. The molecule has 52 heavy (non-hydrogen) atoms. The van der Waals surface area contributed by atoms with Gasteiger partial charge in [0.1, 0.15) is 0 Å². The number of allylic oxidation sites excluding steroid dienone is 8. The largest absolute Gasteiger partial charge is 1.00 e. The summed E-state index contributed by atoms with van der Waals surface area (Å²) in [4.78, 5) is 0. The van der Waals surface area contributed by atoms with Crippen molar-refractivity contribution >= 4 is 5.43 Å². The Hall–Kier alpha value is -2.48. The molecule has 2 saturated carbocycles. The second kappa shape index (κ2) is 16.5. The quantitative estimate of drug-likeness (QED) is 0.195. The van der Waals surface area contributed by atoms with E-state index in [1.54, 1.807) is 0 Å². The molecule has 4 aromatic rings. The molecule has 4 heteroatoms. The molecule has 0 heterocycles. The van der Waals surface area contributed by atoms with Gasteiger partial charge >= 0.3 is 311 Å². The van der Waals surface area contributed by atoms with Crippen molar-refractivity contribution in [2.24, 2.45) is 23.7 Å². The third-order valence-electron chi connectivity index (χ3n) is 13.2. The molecule has 6 unspecified atom stereocenters. The van der Waals surface area contributed by atoms with Crippen LogP contribution < -0.4 is 24.8 Å². The van der Waals surface area contributed by atoms with E-state index in [1.807, 2.05) is 11.1 Å². The number of fused-ring (bicyclic) bond motifs is 2. The molecule has 0 spiro atoms. The predicted molar refractivity (Wildman–Crippen MR) is 211 cm³/mol. The Morgan fingerprint density at radius 1 is 0.500 bits per heavy atom. The van der Waals surface area contributed by atoms with Crippen molar-refractivity contribution in [3.05, 3.63) is 191 Å². The van der Waals surface area contributed by atoms with Crippen molar-refractivity contribution in [1.29, 1.82) is 0 Å². The van der Waals surface area contributed by atoms with E-state index in [0.29, 0.717) is 11.8 Å². The van der Waals surface area contributed by atoms with Gasteiger partial charge in [-0.25, -0.2) is 0 Å². The minimum atomic E-state index is -2.19. The van der Waals surface area contributed by atoms with E-state index in [-0.39, 0.29) is 35.6 Å². The SMILES string of the molecule is CC1CC2C(=CC=CCC2(c2ccccc2)c2ccccc2)[CH]1[Zr+2]([CH]1C2=CC=CCC(c3ccccc3)(c3ccccc3)C2CC1C)=[Si](C)C.[Cl-].[Cl-]. The molecular formula is C48H52Cl2SiZr. The molecule has 0 radical (unpaired) electrons. The zero-order chi connectivity index (χ0) is 34.3. The summed E-state index contributed by atoms with van der Waals surface area (Å²) in [5.41, 5.74) is 9.05. The molecule has 4 aromatic carbocycles. The fraction of sp³-hybridized carbons (Fsp3) is 0.333. The van der Waals surface area contributed by atoms with E-state index >= 15 is 0 Å². The molecule has 0 saturated heterocycles. The fourth-order valence-electron chi connectivity index (χ4n) is 11.3. The van der Waals surface area contributed by atoms with E-state index in [2.05, 4.69) is 185 Å². The Kier molecular flexibility index (Phi) is 12.4. The Balaban J connectivity index is 0.00000232. The zero-order valence-electron chi connectivity index (χ0n) is 31.1. The molecule has 0 aromatic heterocycles. The molecule has 6 atom stereocenters. The summed E-state index contributed by atoms with van der Waals surface area (Å²) in [5.74, 6) is 2.50. The van der Waals surface area contributed by atoms with Gasteiger partial charge < -0.3 is 24.8 Å². The number of benzene rings is 4. The van der Waals surface area contributed by atoms with Crippen LogP contribution in [-0.4, -0.2) is 5.43 Å². The van der Waals surface area contributed by atoms with Gasteiger partial charge in [0.2, 0.25) is 0 Å². The summed E-state index contributed by atoms with van der Waals surface area (Å²) in [7, 11) is 0. The third kappa shape index (κ3) is 6.53. The number of hydrogen-bond acceptors (Lipinski definition) is 0. The Labute approximate surface area is 333 Å². The first kappa shape index (κ1) is 39.2. The van der Waals surface area contributed by atoms with Gasteiger partial charge in [0.05, 0.1) is 0 Å². The van der Waals surface area contributed by atoms with Gasteiger partial charge in [-0.2, -0.15) is 0 Å². The topological polar surface area (TPSA) is 0 Å². The first-order chi connectivity index (χ1) is 24.5. The number of rotatable bonds is 6. The number of halogens is 2. The summed E-state index contributed by atoms with van der Waals surface area (Å²) < 4.78 is 1.56. The van der Waals surface area contributed by atoms with Crippen LogP contribution in [0.3, 0.4) is 0 Å². The normalized spacial score (nSPS) is 26.4. The van der Waals surface area contributed by atoms with Crippen LogP contribution in [0.25, 0.3) is 0 Å². The first-order valence-corrected chi connectivity index (χ1v) is 28.1. The van der Waals surface area contributed by atoms with E-state index in [9.17, 15) is 0 Å². The van der Waals surface area contributed by atoms with Crippen LogP contribution in [0.5, 0.6) is 0 Å². The standard InChI is InChI=1S/2C23H23.C2H6Si.2ClH.Zr/c2*1-18-16-19-10-8-9-15-23(22(19)17-18,20-11-4-2-5-12-20)21-13-6-3-7-14-21;1-3-2;;;/h2*2-14,16,18,22H,15,17H2,1H3;1-2H3;2*1H;/q;;;;;+2/p-2. The maximum Gasteiger partial charge on any atom is -1.00 e. The van der Waals surface area contributed by atoms with Crippen LogP contribution >= 0.6 is 0 Å². The Morgan fingerprint density at radius 3 is 1.10 bits per heavy atom. The summed E-state index contributed by atoms with van der Waals surface area (Å²) in [6.45, 7) is 10.8. The van der Waals surface area contributed by atoms with Gasteiger partial charge in [-0.15, -0.1) is 0 Å². The molecule has 4 aliphatic rings. The van der Waals surface area contributed by atoms with Crippen LogP contribution in [0.1, 0.15) is 61.8 Å². The average Bonchev–Trinajstić information content (AvgIpc) is 3.48. The minimum Gasteiger partial charge on any atom is -1.00 e. The number of hydrogen-bond donors (Lipinski definition) is 0. The maximum absolute atomic E-state index is 2.73. The van der Waals surface area contributed by atoms with E-state index < -0.39 is 25.8 Å². The van der Waals surface area contributed by atoms with Gasteiger partial charge in [-0.3, -0.25) is 0 Å². The van der Waals surface area contributed by atoms with E-state index in [4.69, 9.17) is 0 Å². The van der Waals surface area contributed by atoms with Crippen LogP contribution in [0.15, 0.2) is 169 Å². The van der Waals surface area contributed by atoms with Crippen molar-refractivity contribution < 1.29 is 45.2 Å². The van der Waals surface area contributed by atoms with E-state index in [0.717, 1.165) is 31.9 Å². The van der Waals surface area contributed by atoms with Gasteiger partial charge in [0, 0.05) is 0 Å². The average molecular weight is 819 g/mol. The summed E-state index contributed by atoms with van der Waals surface area (Å²) in [5, 5.41) is 0. The summed E-state index contributed by atoms with van der Waals surface area (Å²) >= 11 is -2.19. The van der Waals surface area contributed by atoms with Crippen molar-refractivity contribution in [3.8, 4) is 0 Å². The van der Waals surface area contributed by atoms with Crippen molar-refractivity contribution in [1.82, 2.24) is 0 Å². The van der Waals surface area contributed by atoms with Crippen LogP contribution in [0.2, 0.25) is 20.3 Å². The first-order valence-electron chi connectivity index (χ1n) is 19.1. The Bertz CT molecular complexity index is 1760. The third-order valence-corrected chi connectivity index (χ3v) is 34.3. The molecule has 2 fully saturated rings. The molecular weight excluding hydrogens is 767 g/mol. The fourth-order valence-corrected chi connectivity index (χ4v) is 34.9. The van der Waals surface area contributed by atoms with Crippen molar-refractivity contribution in [2.45, 2.75) is 70.7 Å². The molecule has 0 N–H and O–H groups in total. The second-order valence-corrected chi connectivity index (χ2v) is 34.0. The molecule has 8 rings (SSSR count). The molecule has 266 valence electrons. The smallest absolute Gasteiger partial charge is 1.00 e. The molecule has 4 aliphatic carbocycles. The van der Waals surface area contributed by atoms with Gasteiger partial charge in [-0.05, 0) is 0 Å². The molecule has 0 amide bonds. The molecule has 0 nitrogen and oxygen atoms in total. The van der Waals surface area contributed by atoms with Gasteiger partial charge in [0.15, 0.2) is 0 Å². The van der Waals surface area contributed by atoms with E-state index in [1.165, 1.54) is 35.1 Å². The minimum absolute atomic E-state index is 0.